The summed E-state index contributed by atoms with van der Waals surface area (Å²) >= 11 is 0. The molecule has 0 atom stereocenters. The van der Waals surface area contributed by atoms with Crippen LogP contribution in [0.1, 0.15) is 25.3 Å². The van der Waals surface area contributed by atoms with Gasteiger partial charge in [-0.2, -0.15) is 0 Å². The lowest BCUT2D eigenvalue weighted by molar-refractivity contribution is 0.570. The summed E-state index contributed by atoms with van der Waals surface area (Å²) < 4.78 is 26.9. The van der Waals surface area contributed by atoms with Gasteiger partial charge in [-0.05, 0) is 23.1 Å². The summed E-state index contributed by atoms with van der Waals surface area (Å²) in [7, 11) is -3.81. The van der Waals surface area contributed by atoms with E-state index in [2.05, 4.69) is 4.98 Å². The Bertz CT molecular complexity index is 1060. The van der Waals surface area contributed by atoms with Gasteiger partial charge in [0, 0.05) is 18.9 Å². The zero-order valence-corrected chi connectivity index (χ0v) is 16.0. The van der Waals surface area contributed by atoms with Crippen LogP contribution in [0, 0.1) is 0 Å². The van der Waals surface area contributed by atoms with Gasteiger partial charge in [0.2, 0.25) is 14.9 Å². The van der Waals surface area contributed by atoms with Gasteiger partial charge in [-0.25, -0.2) is 13.4 Å². The SMILES string of the molecule is CCCCn1ccnc(S(=O)(=O)Cc2ccc(-c3ccccc3)cc2)c1=O. The van der Waals surface area contributed by atoms with Gasteiger partial charge in [0.15, 0.2) is 0 Å². The first-order valence-corrected chi connectivity index (χ1v) is 10.6. The minimum Gasteiger partial charge on any atom is -0.312 e. The molecule has 0 N–H and O–H groups in total. The van der Waals surface area contributed by atoms with E-state index in [1.165, 1.54) is 17.0 Å². The fourth-order valence-electron chi connectivity index (χ4n) is 2.86. The van der Waals surface area contributed by atoms with Crippen LogP contribution in [0.5, 0.6) is 0 Å². The van der Waals surface area contributed by atoms with Crippen molar-refractivity contribution in [3.63, 3.8) is 0 Å². The third-order valence-corrected chi connectivity index (χ3v) is 5.93. The highest BCUT2D eigenvalue weighted by molar-refractivity contribution is 7.90. The number of nitrogens with zero attached hydrogens (tertiary/aromatic N) is 2. The molecule has 6 heteroatoms. The lowest BCUT2D eigenvalue weighted by atomic mass is 10.0. The van der Waals surface area contributed by atoms with Gasteiger partial charge in [-0.3, -0.25) is 4.79 Å². The Morgan fingerprint density at radius 2 is 1.63 bits per heavy atom. The van der Waals surface area contributed by atoms with Crippen LogP contribution in [0.15, 0.2) is 76.8 Å². The fourth-order valence-corrected chi connectivity index (χ4v) is 4.23. The first kappa shape index (κ1) is 19.0. The van der Waals surface area contributed by atoms with E-state index in [1.54, 1.807) is 12.1 Å². The second-order valence-corrected chi connectivity index (χ2v) is 8.31. The van der Waals surface area contributed by atoms with Crippen molar-refractivity contribution in [2.24, 2.45) is 0 Å². The van der Waals surface area contributed by atoms with Gasteiger partial charge in [0.25, 0.3) is 5.56 Å². The van der Waals surface area contributed by atoms with Gasteiger partial charge in [-0.15, -0.1) is 0 Å². The Hall–Kier alpha value is -2.73. The Morgan fingerprint density at radius 1 is 0.963 bits per heavy atom. The van der Waals surface area contributed by atoms with E-state index < -0.39 is 15.4 Å². The number of benzene rings is 2. The zero-order valence-electron chi connectivity index (χ0n) is 15.2. The summed E-state index contributed by atoms with van der Waals surface area (Å²) in [5.74, 6) is -0.248. The normalized spacial score (nSPS) is 11.4. The van der Waals surface area contributed by atoms with Gasteiger partial charge < -0.3 is 4.57 Å². The molecule has 27 heavy (non-hydrogen) atoms. The second-order valence-electron chi connectivity index (χ2n) is 6.41. The van der Waals surface area contributed by atoms with Crippen molar-refractivity contribution in [3.05, 3.63) is 82.9 Å². The number of aryl methyl sites for hydroxylation is 1. The average Bonchev–Trinajstić information content (AvgIpc) is 2.68. The molecule has 140 valence electrons. The molecule has 3 aromatic rings. The van der Waals surface area contributed by atoms with E-state index in [-0.39, 0.29) is 10.8 Å². The maximum atomic E-state index is 12.7. The van der Waals surface area contributed by atoms with Crippen LogP contribution in [0.25, 0.3) is 11.1 Å². The van der Waals surface area contributed by atoms with Crippen LogP contribution in [-0.2, 0) is 22.1 Å². The molecule has 0 amide bonds. The molecular weight excluding hydrogens is 360 g/mol. The Kier molecular flexibility index (Phi) is 5.86. The maximum Gasteiger partial charge on any atom is 0.288 e. The lowest BCUT2D eigenvalue weighted by Crippen LogP contribution is -2.27. The van der Waals surface area contributed by atoms with Crippen molar-refractivity contribution in [3.8, 4) is 11.1 Å². The molecule has 0 saturated heterocycles. The zero-order chi connectivity index (χ0) is 19.3. The van der Waals surface area contributed by atoms with E-state index in [1.807, 2.05) is 49.4 Å². The number of unbranched alkanes of at least 4 members (excludes halogenated alkanes) is 1. The molecule has 1 heterocycles. The highest BCUT2D eigenvalue weighted by atomic mass is 32.2. The number of sulfone groups is 1. The molecule has 0 saturated carbocycles. The van der Waals surface area contributed by atoms with Crippen molar-refractivity contribution in [2.75, 3.05) is 0 Å². The predicted octanol–water partition coefficient (Wildman–Crippen LogP) is 3.68. The van der Waals surface area contributed by atoms with Crippen molar-refractivity contribution in [2.45, 2.75) is 37.1 Å². The van der Waals surface area contributed by atoms with Crippen molar-refractivity contribution >= 4 is 9.84 Å². The fraction of sp³-hybridized carbons (Fsp3) is 0.238. The third kappa shape index (κ3) is 4.52. The van der Waals surface area contributed by atoms with E-state index in [4.69, 9.17) is 0 Å². The first-order valence-electron chi connectivity index (χ1n) is 8.94. The van der Waals surface area contributed by atoms with Crippen LogP contribution >= 0.6 is 0 Å². The maximum absolute atomic E-state index is 12.7. The largest absolute Gasteiger partial charge is 0.312 e. The van der Waals surface area contributed by atoms with Crippen molar-refractivity contribution < 1.29 is 8.42 Å². The summed E-state index contributed by atoms with van der Waals surface area (Å²) in [5.41, 5.74) is 2.15. The van der Waals surface area contributed by atoms with Gasteiger partial charge in [0.1, 0.15) is 0 Å². The Labute approximate surface area is 159 Å². The van der Waals surface area contributed by atoms with E-state index in [9.17, 15) is 13.2 Å². The first-order chi connectivity index (χ1) is 13.0. The molecule has 1 aromatic heterocycles. The minimum absolute atomic E-state index is 0.248. The molecule has 5 nitrogen and oxygen atoms in total. The van der Waals surface area contributed by atoms with Crippen molar-refractivity contribution in [1.82, 2.24) is 9.55 Å². The molecule has 0 unspecified atom stereocenters. The molecular formula is C21H22N2O3S. The second kappa shape index (κ2) is 8.31. The predicted molar refractivity (Wildman–Crippen MR) is 106 cm³/mol. The monoisotopic (exact) mass is 382 g/mol. The number of aromatic nitrogens is 2. The lowest BCUT2D eigenvalue weighted by Gasteiger charge is -2.08. The molecule has 0 bridgehead atoms. The summed E-state index contributed by atoms with van der Waals surface area (Å²) in [6.45, 7) is 2.51. The molecule has 0 aliphatic rings. The Balaban J connectivity index is 1.84. The number of hydrogen-bond donors (Lipinski definition) is 0. The van der Waals surface area contributed by atoms with E-state index in [0.717, 1.165) is 24.0 Å². The van der Waals surface area contributed by atoms with Gasteiger partial charge in [-0.1, -0.05) is 67.9 Å². The molecule has 0 aliphatic carbocycles. The Morgan fingerprint density at radius 3 is 2.30 bits per heavy atom. The van der Waals surface area contributed by atoms with E-state index >= 15 is 0 Å². The van der Waals surface area contributed by atoms with Gasteiger partial charge in [0.05, 0.1) is 5.75 Å². The molecule has 2 aromatic carbocycles. The van der Waals surface area contributed by atoms with Crippen LogP contribution in [0.3, 0.4) is 0 Å². The summed E-state index contributed by atoms with van der Waals surface area (Å²) in [5, 5.41) is -0.381. The van der Waals surface area contributed by atoms with Crippen LogP contribution < -0.4 is 5.56 Å². The standard InChI is InChI=1S/C21H22N2O3S/c1-2-3-14-23-15-13-22-20(21(23)24)27(25,26)16-17-9-11-19(12-10-17)18-7-5-4-6-8-18/h4-13,15H,2-3,14,16H2,1H3. The summed E-state index contributed by atoms with van der Waals surface area (Å²) in [4.78, 5) is 16.3. The number of rotatable bonds is 7. The molecule has 0 aliphatic heterocycles. The van der Waals surface area contributed by atoms with Crippen LogP contribution in [-0.4, -0.2) is 18.0 Å². The van der Waals surface area contributed by atoms with Crippen molar-refractivity contribution in [1.29, 1.82) is 0 Å². The smallest absolute Gasteiger partial charge is 0.288 e. The topological polar surface area (TPSA) is 69.0 Å². The van der Waals surface area contributed by atoms with E-state index in [0.29, 0.717) is 12.1 Å². The molecule has 0 spiro atoms. The van der Waals surface area contributed by atoms with Crippen LogP contribution in [0.4, 0.5) is 0 Å². The molecule has 3 rings (SSSR count). The summed E-state index contributed by atoms with van der Waals surface area (Å²) in [6.07, 6.45) is 4.64. The quantitative estimate of drug-likeness (QED) is 0.625. The number of hydrogen-bond acceptors (Lipinski definition) is 4. The third-order valence-electron chi connectivity index (χ3n) is 4.35. The molecule has 0 fully saturated rings. The highest BCUT2D eigenvalue weighted by Crippen LogP contribution is 2.20. The van der Waals surface area contributed by atoms with Crippen LogP contribution in [0.2, 0.25) is 0 Å². The van der Waals surface area contributed by atoms with Gasteiger partial charge >= 0.3 is 0 Å². The highest BCUT2D eigenvalue weighted by Gasteiger charge is 2.22. The minimum atomic E-state index is -3.81. The summed E-state index contributed by atoms with van der Waals surface area (Å²) in [6, 6.07) is 17.2. The molecule has 0 radical (unpaired) electrons. The average molecular weight is 382 g/mol.